The molecule has 0 radical (unpaired) electrons. The fraction of sp³-hybridized carbons (Fsp3) is 0.676. The molecule has 1 aromatic rings. The number of fused-ring (bicyclic) bond motifs is 1. The minimum atomic E-state index is -0.912. The van der Waals surface area contributed by atoms with Gasteiger partial charge >= 0.3 is 5.97 Å². The number of unbranched alkanes of at least 4 members (excludes halogenated alkanes) is 4. The van der Waals surface area contributed by atoms with Gasteiger partial charge in [0.15, 0.2) is 0 Å². The van der Waals surface area contributed by atoms with Gasteiger partial charge in [0.1, 0.15) is 0 Å². The Morgan fingerprint density at radius 2 is 1.76 bits per heavy atom. The van der Waals surface area contributed by atoms with E-state index in [0.29, 0.717) is 25.8 Å². The van der Waals surface area contributed by atoms with Crippen LogP contribution in [0, 0.1) is 5.92 Å². The van der Waals surface area contributed by atoms with Crippen LogP contribution in [-0.4, -0.2) is 69.0 Å². The standard InChI is InChI=1S/C34H55NO6/c1-3-4-6-14-30(38)21-20-28-18-16-26-11-9-10-12-27(26)17-19-29(13-7-5-8-15-33(40)41)34(35-23-25(2)37)32(28)22-31(39)24-36/h9-12,20-21,25,29-31,34-39H,3-8,13-19,22-24H2,1-2H3,(H,40,41)/b21-20+,32-28+/t25-,29-,30-,31-,34+/m0/s1. The van der Waals surface area contributed by atoms with Crippen molar-refractivity contribution in [2.24, 2.45) is 5.92 Å². The summed E-state index contributed by atoms with van der Waals surface area (Å²) in [5, 5.41) is 54.1. The van der Waals surface area contributed by atoms with Gasteiger partial charge in [-0.15, -0.1) is 0 Å². The van der Waals surface area contributed by atoms with E-state index in [-0.39, 0.29) is 25.0 Å². The molecule has 0 bridgehead atoms. The van der Waals surface area contributed by atoms with Crippen molar-refractivity contribution < 1.29 is 30.3 Å². The van der Waals surface area contributed by atoms with E-state index in [1.807, 2.05) is 12.2 Å². The third-order valence-corrected chi connectivity index (χ3v) is 8.21. The normalized spacial score (nSPS) is 22.3. The van der Waals surface area contributed by atoms with Crippen LogP contribution < -0.4 is 5.32 Å². The van der Waals surface area contributed by atoms with Gasteiger partial charge in [-0.2, -0.15) is 0 Å². The van der Waals surface area contributed by atoms with Crippen molar-refractivity contribution in [3.63, 3.8) is 0 Å². The van der Waals surface area contributed by atoms with Gasteiger partial charge in [0, 0.05) is 19.0 Å². The number of carboxylic acids is 1. The first-order chi connectivity index (χ1) is 19.7. The summed E-state index contributed by atoms with van der Waals surface area (Å²) in [6.07, 6.45) is 12.9. The molecule has 7 nitrogen and oxygen atoms in total. The van der Waals surface area contributed by atoms with Crippen LogP contribution in [-0.2, 0) is 17.6 Å². The molecule has 7 heteroatoms. The zero-order valence-corrected chi connectivity index (χ0v) is 25.3. The Morgan fingerprint density at radius 3 is 2.41 bits per heavy atom. The first kappa shape index (κ1) is 35.2. The highest BCUT2D eigenvalue weighted by atomic mass is 16.4. The number of allylic oxidation sites excluding steroid dienone is 2. The van der Waals surface area contributed by atoms with Crippen LogP contribution in [0.4, 0.5) is 0 Å². The van der Waals surface area contributed by atoms with Crippen LogP contribution in [0.3, 0.4) is 0 Å². The van der Waals surface area contributed by atoms with Crippen LogP contribution in [0.25, 0.3) is 0 Å². The fourth-order valence-corrected chi connectivity index (χ4v) is 5.92. The largest absolute Gasteiger partial charge is 0.481 e. The zero-order chi connectivity index (χ0) is 30.0. The number of hydrogen-bond donors (Lipinski definition) is 6. The van der Waals surface area contributed by atoms with E-state index >= 15 is 0 Å². The lowest BCUT2D eigenvalue weighted by atomic mass is 9.78. The molecule has 0 aliphatic heterocycles. The monoisotopic (exact) mass is 573 g/mol. The fourth-order valence-electron chi connectivity index (χ4n) is 5.92. The molecule has 0 aromatic heterocycles. The Bertz CT molecular complexity index is 943. The highest BCUT2D eigenvalue weighted by Gasteiger charge is 2.29. The van der Waals surface area contributed by atoms with E-state index in [1.54, 1.807) is 6.92 Å². The Hall–Kier alpha value is -2.03. The van der Waals surface area contributed by atoms with Crippen LogP contribution in [0.15, 0.2) is 47.6 Å². The molecular weight excluding hydrogens is 518 g/mol. The van der Waals surface area contributed by atoms with Crippen LogP contribution >= 0.6 is 0 Å². The molecule has 0 saturated carbocycles. The third kappa shape index (κ3) is 13.7. The van der Waals surface area contributed by atoms with Crippen LogP contribution in [0.2, 0.25) is 0 Å². The average Bonchev–Trinajstić information content (AvgIpc) is 2.94. The van der Waals surface area contributed by atoms with E-state index < -0.39 is 24.3 Å². The second-order valence-electron chi connectivity index (χ2n) is 11.8. The number of aliphatic hydroxyl groups excluding tert-OH is 4. The van der Waals surface area contributed by atoms with Gasteiger partial charge in [-0.1, -0.05) is 75.4 Å². The number of benzene rings is 1. The molecule has 232 valence electrons. The number of carboxylic acid groups (broad SMARTS) is 1. The molecule has 5 atom stereocenters. The predicted molar refractivity (Wildman–Crippen MR) is 165 cm³/mol. The van der Waals surface area contributed by atoms with Crippen molar-refractivity contribution in [2.45, 2.75) is 128 Å². The lowest BCUT2D eigenvalue weighted by molar-refractivity contribution is -0.137. The van der Waals surface area contributed by atoms with E-state index in [9.17, 15) is 25.2 Å². The summed E-state index contributed by atoms with van der Waals surface area (Å²) in [5.41, 5.74) is 4.72. The van der Waals surface area contributed by atoms with Crippen molar-refractivity contribution in [1.29, 1.82) is 0 Å². The van der Waals surface area contributed by atoms with E-state index in [4.69, 9.17) is 5.11 Å². The van der Waals surface area contributed by atoms with Gasteiger partial charge < -0.3 is 30.8 Å². The maximum atomic E-state index is 11.0. The molecule has 0 fully saturated rings. The number of carbonyl (C=O) groups is 1. The lowest BCUT2D eigenvalue weighted by Gasteiger charge is -2.34. The summed E-state index contributed by atoms with van der Waals surface area (Å²) in [6.45, 7) is 3.95. The first-order valence-corrected chi connectivity index (χ1v) is 15.8. The molecule has 41 heavy (non-hydrogen) atoms. The highest BCUT2D eigenvalue weighted by Crippen LogP contribution is 2.33. The number of hydrogen-bond acceptors (Lipinski definition) is 6. The molecule has 2 rings (SSSR count). The van der Waals surface area contributed by atoms with Crippen molar-refractivity contribution in [3.05, 3.63) is 58.7 Å². The van der Waals surface area contributed by atoms with E-state index in [1.165, 1.54) is 11.1 Å². The van der Waals surface area contributed by atoms with Crippen LogP contribution in [0.5, 0.6) is 0 Å². The van der Waals surface area contributed by atoms with Gasteiger partial charge in [-0.25, -0.2) is 0 Å². The highest BCUT2D eigenvalue weighted by molar-refractivity contribution is 5.66. The van der Waals surface area contributed by atoms with Crippen molar-refractivity contribution in [1.82, 2.24) is 5.32 Å². The molecule has 0 unspecified atom stereocenters. The molecule has 1 aromatic carbocycles. The SMILES string of the molecule is CCCCC[C@H](O)/C=C/C1=C(\C[C@H](O)CO)[C@H](NC[C@H](C)O)[C@@H](CCCCCC(=O)O)CCc2ccccc2CC1. The summed E-state index contributed by atoms with van der Waals surface area (Å²) < 4.78 is 0. The van der Waals surface area contributed by atoms with Gasteiger partial charge in [0.2, 0.25) is 0 Å². The zero-order valence-electron chi connectivity index (χ0n) is 25.3. The molecule has 0 spiro atoms. The van der Waals surface area contributed by atoms with Gasteiger partial charge in [0.05, 0.1) is 24.9 Å². The smallest absolute Gasteiger partial charge is 0.303 e. The van der Waals surface area contributed by atoms with E-state index in [0.717, 1.165) is 75.4 Å². The first-order valence-electron chi connectivity index (χ1n) is 15.8. The topological polar surface area (TPSA) is 130 Å². The number of nitrogens with one attached hydrogen (secondary N) is 1. The minimum absolute atomic E-state index is 0.132. The second-order valence-corrected chi connectivity index (χ2v) is 11.8. The summed E-state index contributed by atoms with van der Waals surface area (Å²) >= 11 is 0. The molecular formula is C34H55NO6. The third-order valence-electron chi connectivity index (χ3n) is 8.21. The Kier molecular flexibility index (Phi) is 17.1. The predicted octanol–water partition coefficient (Wildman–Crippen LogP) is 5.09. The quantitative estimate of drug-likeness (QED) is 0.135. The van der Waals surface area contributed by atoms with Gasteiger partial charge in [-0.05, 0) is 86.5 Å². The number of aliphatic hydroxyl groups is 4. The minimum Gasteiger partial charge on any atom is -0.481 e. The summed E-state index contributed by atoms with van der Waals surface area (Å²) in [7, 11) is 0. The molecule has 6 N–H and O–H groups in total. The van der Waals surface area contributed by atoms with Gasteiger partial charge in [0.25, 0.3) is 0 Å². The maximum Gasteiger partial charge on any atom is 0.303 e. The number of rotatable bonds is 18. The van der Waals surface area contributed by atoms with Gasteiger partial charge in [-0.3, -0.25) is 4.79 Å². The van der Waals surface area contributed by atoms with Crippen molar-refractivity contribution >= 4 is 5.97 Å². The molecule has 0 saturated heterocycles. The molecule has 1 aliphatic rings. The second kappa shape index (κ2) is 20.0. The summed E-state index contributed by atoms with van der Waals surface area (Å²) in [4.78, 5) is 11.0. The van der Waals surface area contributed by atoms with Crippen molar-refractivity contribution in [2.75, 3.05) is 13.2 Å². The molecule has 1 aliphatic carbocycles. The summed E-state index contributed by atoms with van der Waals surface area (Å²) in [5.74, 6) is -0.586. The van der Waals surface area contributed by atoms with Crippen LogP contribution in [0.1, 0.15) is 102 Å². The Balaban J connectivity index is 2.53. The van der Waals surface area contributed by atoms with Crippen molar-refractivity contribution in [3.8, 4) is 0 Å². The van der Waals surface area contributed by atoms with E-state index in [2.05, 4.69) is 36.5 Å². The Labute approximate surface area is 247 Å². The Morgan fingerprint density at radius 1 is 1.02 bits per heavy atom. The average molecular weight is 574 g/mol. The number of aryl methyl sites for hydroxylation is 2. The molecule has 0 amide bonds. The maximum absolute atomic E-state index is 11.0. The lowest BCUT2D eigenvalue weighted by Crippen LogP contribution is -2.43. The number of aliphatic carboxylic acids is 1. The molecule has 0 heterocycles. The summed E-state index contributed by atoms with van der Waals surface area (Å²) in [6, 6.07) is 8.41.